The summed E-state index contributed by atoms with van der Waals surface area (Å²) in [5, 5.41) is 0. The summed E-state index contributed by atoms with van der Waals surface area (Å²) in [6.45, 7) is 5.65. The molecule has 3 atom stereocenters. The third-order valence-electron chi connectivity index (χ3n) is 5.38. The summed E-state index contributed by atoms with van der Waals surface area (Å²) in [6.07, 6.45) is 17.2. The lowest BCUT2D eigenvalue weighted by atomic mass is 9.84. The Balaban J connectivity index is 2.05. The highest BCUT2D eigenvalue weighted by molar-refractivity contribution is 4.79. The first kappa shape index (κ1) is 17.0. The molecule has 0 saturated heterocycles. The average Bonchev–Trinajstić information content (AvgIpc) is 2.91. The molecule has 1 heteroatoms. The quantitative estimate of drug-likeness (QED) is 0.489. The number of nitrogens with two attached hydrogens (primary N) is 1. The Kier molecular flexibility index (Phi) is 9.59. The van der Waals surface area contributed by atoms with Gasteiger partial charge in [-0.1, -0.05) is 71.6 Å². The molecular weight excluding hydrogens is 230 g/mol. The molecule has 1 nitrogen and oxygen atoms in total. The van der Waals surface area contributed by atoms with E-state index < -0.39 is 0 Å². The van der Waals surface area contributed by atoms with Crippen molar-refractivity contribution in [3.63, 3.8) is 0 Å². The van der Waals surface area contributed by atoms with E-state index in [2.05, 4.69) is 13.8 Å². The molecule has 1 aliphatic carbocycles. The highest BCUT2D eigenvalue weighted by Gasteiger charge is 2.28. The molecule has 0 heterocycles. The van der Waals surface area contributed by atoms with E-state index in [0.29, 0.717) is 0 Å². The molecule has 0 spiro atoms. The third kappa shape index (κ3) is 6.79. The molecule has 0 radical (unpaired) electrons. The second-order valence-electron chi connectivity index (χ2n) is 6.71. The van der Waals surface area contributed by atoms with Gasteiger partial charge in [-0.05, 0) is 43.6 Å². The van der Waals surface area contributed by atoms with Crippen molar-refractivity contribution >= 4 is 0 Å². The fourth-order valence-electron chi connectivity index (χ4n) is 3.94. The second-order valence-corrected chi connectivity index (χ2v) is 6.71. The second kappa shape index (κ2) is 10.7. The van der Waals surface area contributed by atoms with Gasteiger partial charge in [0.15, 0.2) is 0 Å². The molecular formula is C18H37N. The van der Waals surface area contributed by atoms with Crippen molar-refractivity contribution in [3.05, 3.63) is 0 Å². The van der Waals surface area contributed by atoms with Gasteiger partial charge < -0.3 is 5.73 Å². The van der Waals surface area contributed by atoms with Crippen LogP contribution in [0.25, 0.3) is 0 Å². The summed E-state index contributed by atoms with van der Waals surface area (Å²) in [6, 6.07) is 0. The van der Waals surface area contributed by atoms with Crippen molar-refractivity contribution in [2.75, 3.05) is 6.54 Å². The smallest absolute Gasteiger partial charge is 0.00773 e. The van der Waals surface area contributed by atoms with Crippen molar-refractivity contribution in [1.82, 2.24) is 0 Å². The summed E-state index contributed by atoms with van der Waals surface area (Å²) < 4.78 is 0. The number of hydrogen-bond donors (Lipinski definition) is 1. The molecule has 0 aromatic carbocycles. The summed E-state index contributed by atoms with van der Waals surface area (Å²) in [7, 11) is 0. The molecule has 3 unspecified atom stereocenters. The Bertz CT molecular complexity index is 202. The van der Waals surface area contributed by atoms with Gasteiger partial charge in [-0.15, -0.1) is 0 Å². The standard InChI is InChI=1S/C18H37N/c1-3-16-12-13-18(15-16)17(4-2)11-9-7-5-6-8-10-14-19/h16-18H,3-15,19H2,1-2H3. The molecule has 0 amide bonds. The van der Waals surface area contributed by atoms with Crippen molar-refractivity contribution in [2.45, 2.75) is 90.9 Å². The highest BCUT2D eigenvalue weighted by atomic mass is 14.5. The molecule has 0 aliphatic heterocycles. The lowest BCUT2D eigenvalue weighted by Gasteiger charge is -2.22. The van der Waals surface area contributed by atoms with Crippen LogP contribution in [0.3, 0.4) is 0 Å². The summed E-state index contributed by atoms with van der Waals surface area (Å²) in [5.41, 5.74) is 5.52. The van der Waals surface area contributed by atoms with Gasteiger partial charge in [0, 0.05) is 0 Å². The SMILES string of the molecule is CCC1CCC(C(CC)CCCCCCCCN)C1. The summed E-state index contributed by atoms with van der Waals surface area (Å²) >= 11 is 0. The number of rotatable bonds is 11. The largest absolute Gasteiger partial charge is 0.330 e. The number of unbranched alkanes of at least 4 members (excludes halogenated alkanes) is 5. The molecule has 2 N–H and O–H groups in total. The van der Waals surface area contributed by atoms with E-state index in [1.54, 1.807) is 0 Å². The predicted molar refractivity (Wildman–Crippen MR) is 86.3 cm³/mol. The van der Waals surface area contributed by atoms with E-state index in [1.807, 2.05) is 0 Å². The summed E-state index contributed by atoms with van der Waals surface area (Å²) in [5.74, 6) is 3.14. The summed E-state index contributed by atoms with van der Waals surface area (Å²) in [4.78, 5) is 0. The van der Waals surface area contributed by atoms with E-state index >= 15 is 0 Å². The first-order chi connectivity index (χ1) is 9.31. The number of hydrogen-bond acceptors (Lipinski definition) is 1. The first-order valence-electron chi connectivity index (χ1n) is 9.01. The molecule has 0 aromatic rings. The molecule has 1 aliphatic rings. The Morgan fingerprint density at radius 3 is 2.21 bits per heavy atom. The van der Waals surface area contributed by atoms with Crippen LogP contribution in [0.2, 0.25) is 0 Å². The minimum absolute atomic E-state index is 0.873. The Labute approximate surface area is 121 Å². The fourth-order valence-corrected chi connectivity index (χ4v) is 3.94. The van der Waals surface area contributed by atoms with Crippen LogP contribution in [0, 0.1) is 17.8 Å². The lowest BCUT2D eigenvalue weighted by Crippen LogP contribution is -2.11. The molecule has 1 fully saturated rings. The van der Waals surface area contributed by atoms with Crippen LogP contribution in [-0.4, -0.2) is 6.54 Å². The van der Waals surface area contributed by atoms with Crippen LogP contribution >= 0.6 is 0 Å². The van der Waals surface area contributed by atoms with Crippen LogP contribution in [0.5, 0.6) is 0 Å². The first-order valence-corrected chi connectivity index (χ1v) is 9.01. The molecule has 0 bridgehead atoms. The van der Waals surface area contributed by atoms with Crippen LogP contribution < -0.4 is 5.73 Å². The van der Waals surface area contributed by atoms with Crippen LogP contribution in [0.4, 0.5) is 0 Å². The van der Waals surface area contributed by atoms with Crippen molar-refractivity contribution in [3.8, 4) is 0 Å². The maximum absolute atomic E-state index is 5.52. The van der Waals surface area contributed by atoms with E-state index in [-0.39, 0.29) is 0 Å². The monoisotopic (exact) mass is 267 g/mol. The van der Waals surface area contributed by atoms with Gasteiger partial charge in [0.25, 0.3) is 0 Å². The normalized spacial score (nSPS) is 24.8. The zero-order chi connectivity index (χ0) is 13.9. The molecule has 0 aromatic heterocycles. The average molecular weight is 268 g/mol. The predicted octanol–water partition coefficient (Wildman–Crippen LogP) is 5.53. The maximum Gasteiger partial charge on any atom is -0.00773 e. The minimum atomic E-state index is 0.873. The topological polar surface area (TPSA) is 26.0 Å². The van der Waals surface area contributed by atoms with Gasteiger partial charge in [0.1, 0.15) is 0 Å². The molecule has 1 rings (SSSR count). The van der Waals surface area contributed by atoms with Crippen molar-refractivity contribution in [2.24, 2.45) is 23.5 Å². The zero-order valence-corrected chi connectivity index (χ0v) is 13.5. The van der Waals surface area contributed by atoms with Gasteiger partial charge in [-0.2, -0.15) is 0 Å². The lowest BCUT2D eigenvalue weighted by molar-refractivity contribution is 0.290. The minimum Gasteiger partial charge on any atom is -0.330 e. The van der Waals surface area contributed by atoms with Crippen molar-refractivity contribution in [1.29, 1.82) is 0 Å². The van der Waals surface area contributed by atoms with Crippen LogP contribution in [-0.2, 0) is 0 Å². The molecule has 19 heavy (non-hydrogen) atoms. The van der Waals surface area contributed by atoms with Crippen LogP contribution in [0.1, 0.15) is 90.9 Å². The van der Waals surface area contributed by atoms with Gasteiger partial charge in [-0.3, -0.25) is 0 Å². The third-order valence-corrected chi connectivity index (χ3v) is 5.38. The van der Waals surface area contributed by atoms with Crippen molar-refractivity contribution < 1.29 is 0 Å². The molecule has 114 valence electrons. The maximum atomic E-state index is 5.52. The van der Waals surface area contributed by atoms with E-state index in [1.165, 1.54) is 77.0 Å². The van der Waals surface area contributed by atoms with Gasteiger partial charge in [0.2, 0.25) is 0 Å². The highest BCUT2D eigenvalue weighted by Crippen LogP contribution is 2.40. The van der Waals surface area contributed by atoms with E-state index in [4.69, 9.17) is 5.73 Å². The van der Waals surface area contributed by atoms with Crippen LogP contribution in [0.15, 0.2) is 0 Å². The Morgan fingerprint density at radius 1 is 0.947 bits per heavy atom. The van der Waals surface area contributed by atoms with Gasteiger partial charge in [0.05, 0.1) is 0 Å². The molecule has 1 saturated carbocycles. The van der Waals surface area contributed by atoms with E-state index in [9.17, 15) is 0 Å². The Morgan fingerprint density at radius 2 is 1.63 bits per heavy atom. The fraction of sp³-hybridized carbons (Fsp3) is 1.00. The zero-order valence-electron chi connectivity index (χ0n) is 13.5. The Hall–Kier alpha value is -0.0400. The van der Waals surface area contributed by atoms with E-state index in [0.717, 1.165) is 24.3 Å². The van der Waals surface area contributed by atoms with Gasteiger partial charge in [-0.25, -0.2) is 0 Å². The van der Waals surface area contributed by atoms with Gasteiger partial charge >= 0.3 is 0 Å².